The minimum absolute atomic E-state index is 0.299. The summed E-state index contributed by atoms with van der Waals surface area (Å²) < 4.78 is 27.2. The van der Waals surface area contributed by atoms with Crippen LogP contribution in [0, 0.1) is 18.3 Å². The fraction of sp³-hybridized carbons (Fsp3) is 0.261. The molecule has 7 nitrogen and oxygen atoms in total. The van der Waals surface area contributed by atoms with Gasteiger partial charge in [-0.25, -0.2) is 8.78 Å². The summed E-state index contributed by atoms with van der Waals surface area (Å²) in [5.74, 6) is -4.38. The van der Waals surface area contributed by atoms with Crippen molar-refractivity contribution in [1.29, 1.82) is 5.26 Å². The van der Waals surface area contributed by atoms with Gasteiger partial charge in [0.15, 0.2) is 0 Å². The van der Waals surface area contributed by atoms with Gasteiger partial charge in [0.2, 0.25) is 5.91 Å². The van der Waals surface area contributed by atoms with Crippen molar-refractivity contribution in [3.8, 4) is 17.2 Å². The van der Waals surface area contributed by atoms with E-state index in [0.29, 0.717) is 16.5 Å². The fourth-order valence-corrected chi connectivity index (χ4v) is 3.71. The molecule has 1 fully saturated rings. The summed E-state index contributed by atoms with van der Waals surface area (Å²) in [4.78, 5) is 34.6. The van der Waals surface area contributed by atoms with E-state index in [4.69, 9.17) is 5.26 Å². The molecule has 1 atom stereocenters. The molecule has 0 saturated carbocycles. The van der Waals surface area contributed by atoms with Crippen molar-refractivity contribution in [3.05, 3.63) is 60.0 Å². The highest BCUT2D eigenvalue weighted by atomic mass is 19.3. The SMILES string of the molecule is Cc1ccc(-c2ccc3nccc(C(=O)NCC(=O)N4CC(F)(F)C[C@H]4C#N)c3c2)cn1. The molecule has 0 aliphatic carbocycles. The lowest BCUT2D eigenvalue weighted by Crippen LogP contribution is -2.43. The van der Waals surface area contributed by atoms with E-state index in [1.807, 2.05) is 31.2 Å². The molecule has 2 amide bonds. The average Bonchev–Trinajstić information content (AvgIpc) is 3.11. The summed E-state index contributed by atoms with van der Waals surface area (Å²) in [6, 6.07) is 11.3. The van der Waals surface area contributed by atoms with Gasteiger partial charge < -0.3 is 10.2 Å². The third kappa shape index (κ3) is 4.25. The third-order valence-corrected chi connectivity index (χ3v) is 5.37. The predicted octanol–water partition coefficient (Wildman–Crippen LogP) is 3.09. The Morgan fingerprint density at radius 1 is 1.22 bits per heavy atom. The molecule has 1 aromatic carbocycles. The van der Waals surface area contributed by atoms with Gasteiger partial charge in [0.05, 0.1) is 30.2 Å². The number of aryl methyl sites for hydroxylation is 1. The molecule has 1 aliphatic rings. The Morgan fingerprint density at radius 3 is 2.72 bits per heavy atom. The normalized spacial score (nSPS) is 17.2. The molecule has 32 heavy (non-hydrogen) atoms. The number of halogens is 2. The Bertz CT molecular complexity index is 1240. The summed E-state index contributed by atoms with van der Waals surface area (Å²) in [6.07, 6.45) is 2.52. The zero-order valence-corrected chi connectivity index (χ0v) is 17.2. The lowest BCUT2D eigenvalue weighted by molar-refractivity contribution is -0.131. The quantitative estimate of drug-likeness (QED) is 0.679. The second-order valence-corrected chi connectivity index (χ2v) is 7.69. The first-order chi connectivity index (χ1) is 15.3. The highest BCUT2D eigenvalue weighted by Crippen LogP contribution is 2.31. The molecule has 1 aliphatic heterocycles. The summed E-state index contributed by atoms with van der Waals surface area (Å²) in [7, 11) is 0. The number of nitrogens with zero attached hydrogens (tertiary/aromatic N) is 4. The number of pyridine rings is 2. The number of benzene rings is 1. The molecule has 3 heterocycles. The van der Waals surface area contributed by atoms with Gasteiger partial charge in [-0.15, -0.1) is 0 Å². The summed E-state index contributed by atoms with van der Waals surface area (Å²) >= 11 is 0. The molecule has 162 valence electrons. The molecule has 1 N–H and O–H groups in total. The van der Waals surface area contributed by atoms with Crippen LogP contribution in [0.4, 0.5) is 8.78 Å². The van der Waals surface area contributed by atoms with Crippen molar-refractivity contribution >= 4 is 22.7 Å². The zero-order chi connectivity index (χ0) is 22.9. The van der Waals surface area contributed by atoms with Crippen LogP contribution in [0.1, 0.15) is 22.5 Å². The van der Waals surface area contributed by atoms with Crippen molar-refractivity contribution in [1.82, 2.24) is 20.2 Å². The van der Waals surface area contributed by atoms with Gasteiger partial charge in [-0.05, 0) is 36.8 Å². The van der Waals surface area contributed by atoms with E-state index in [1.54, 1.807) is 18.3 Å². The smallest absolute Gasteiger partial charge is 0.268 e. The molecule has 3 aromatic rings. The monoisotopic (exact) mass is 435 g/mol. The van der Waals surface area contributed by atoms with Crippen LogP contribution in [-0.2, 0) is 4.79 Å². The number of amides is 2. The van der Waals surface area contributed by atoms with Crippen molar-refractivity contribution < 1.29 is 18.4 Å². The number of hydrogen-bond donors (Lipinski definition) is 1. The number of likely N-dealkylation sites (tertiary alicyclic amines) is 1. The van der Waals surface area contributed by atoms with Crippen LogP contribution < -0.4 is 5.32 Å². The average molecular weight is 435 g/mol. The fourth-order valence-electron chi connectivity index (χ4n) is 3.71. The molecule has 0 spiro atoms. The van der Waals surface area contributed by atoms with E-state index < -0.39 is 43.3 Å². The Hall–Kier alpha value is -3.93. The van der Waals surface area contributed by atoms with E-state index in [1.165, 1.54) is 12.3 Å². The second-order valence-electron chi connectivity index (χ2n) is 7.69. The second kappa shape index (κ2) is 8.30. The van der Waals surface area contributed by atoms with Crippen molar-refractivity contribution in [2.45, 2.75) is 25.3 Å². The maximum Gasteiger partial charge on any atom is 0.268 e. The Morgan fingerprint density at radius 2 is 2.00 bits per heavy atom. The first kappa shape index (κ1) is 21.3. The van der Waals surface area contributed by atoms with E-state index in [-0.39, 0.29) is 0 Å². The standard InChI is InChI=1S/C23H19F2N5O2/c1-14-2-3-16(11-28-14)15-4-5-20-19(8-15)18(6-7-27-20)22(32)29-12-21(31)30-13-23(24,25)9-17(30)10-26/h2-8,11,17H,9,12-13H2,1H3,(H,29,32)/t17-/m0/s1. The maximum atomic E-state index is 13.6. The van der Waals surface area contributed by atoms with Crippen LogP contribution in [0.2, 0.25) is 0 Å². The van der Waals surface area contributed by atoms with Gasteiger partial charge in [0.1, 0.15) is 6.04 Å². The number of hydrogen-bond acceptors (Lipinski definition) is 5. The highest BCUT2D eigenvalue weighted by Gasteiger charge is 2.47. The van der Waals surface area contributed by atoms with Gasteiger partial charge in [-0.1, -0.05) is 12.1 Å². The third-order valence-electron chi connectivity index (χ3n) is 5.37. The Kier molecular flexibility index (Phi) is 5.53. The van der Waals surface area contributed by atoms with E-state index in [0.717, 1.165) is 21.7 Å². The van der Waals surface area contributed by atoms with Crippen LogP contribution in [0.25, 0.3) is 22.0 Å². The van der Waals surface area contributed by atoms with Crippen LogP contribution in [-0.4, -0.2) is 51.7 Å². The van der Waals surface area contributed by atoms with Gasteiger partial charge in [-0.2, -0.15) is 5.26 Å². The maximum absolute atomic E-state index is 13.6. The topological polar surface area (TPSA) is 99.0 Å². The predicted molar refractivity (Wildman–Crippen MR) is 113 cm³/mol. The molecule has 0 radical (unpaired) electrons. The summed E-state index contributed by atoms with van der Waals surface area (Å²) in [5, 5.41) is 12.1. The van der Waals surface area contributed by atoms with Gasteiger partial charge >= 0.3 is 0 Å². The largest absolute Gasteiger partial charge is 0.343 e. The summed E-state index contributed by atoms with van der Waals surface area (Å²) in [6.45, 7) is 0.574. The first-order valence-electron chi connectivity index (χ1n) is 9.94. The van der Waals surface area contributed by atoms with E-state index in [9.17, 15) is 18.4 Å². The number of carbonyl (C=O) groups excluding carboxylic acids is 2. The number of nitriles is 1. The van der Waals surface area contributed by atoms with Crippen molar-refractivity contribution in [2.75, 3.05) is 13.1 Å². The van der Waals surface area contributed by atoms with E-state index in [2.05, 4.69) is 15.3 Å². The molecule has 2 aromatic heterocycles. The number of alkyl halides is 2. The number of rotatable bonds is 4. The van der Waals surface area contributed by atoms with Gasteiger partial charge in [0, 0.05) is 35.5 Å². The number of nitrogens with one attached hydrogen (secondary N) is 1. The lowest BCUT2D eigenvalue weighted by atomic mass is 10.0. The minimum Gasteiger partial charge on any atom is -0.343 e. The van der Waals surface area contributed by atoms with E-state index >= 15 is 0 Å². The van der Waals surface area contributed by atoms with Crippen molar-refractivity contribution in [3.63, 3.8) is 0 Å². The number of carbonyl (C=O) groups is 2. The molecule has 1 saturated heterocycles. The molecule has 0 unspecified atom stereocenters. The number of fused-ring (bicyclic) bond motifs is 1. The molecular formula is C23H19F2N5O2. The van der Waals surface area contributed by atoms with Crippen LogP contribution in [0.15, 0.2) is 48.8 Å². The van der Waals surface area contributed by atoms with Crippen LogP contribution in [0.5, 0.6) is 0 Å². The molecule has 0 bridgehead atoms. The zero-order valence-electron chi connectivity index (χ0n) is 17.2. The molecular weight excluding hydrogens is 416 g/mol. The number of aromatic nitrogens is 2. The molecule has 9 heteroatoms. The Labute approximate surface area is 182 Å². The minimum atomic E-state index is -3.11. The van der Waals surface area contributed by atoms with Crippen LogP contribution >= 0.6 is 0 Å². The van der Waals surface area contributed by atoms with Crippen LogP contribution in [0.3, 0.4) is 0 Å². The van der Waals surface area contributed by atoms with Crippen molar-refractivity contribution in [2.24, 2.45) is 0 Å². The van der Waals surface area contributed by atoms with Gasteiger partial charge in [-0.3, -0.25) is 19.6 Å². The van der Waals surface area contributed by atoms with Gasteiger partial charge in [0.25, 0.3) is 11.8 Å². The molecule has 4 rings (SSSR count). The highest BCUT2D eigenvalue weighted by molar-refractivity contribution is 6.07. The first-order valence-corrected chi connectivity index (χ1v) is 9.94. The Balaban J connectivity index is 1.54. The lowest BCUT2D eigenvalue weighted by Gasteiger charge is -2.19. The summed E-state index contributed by atoms with van der Waals surface area (Å²) in [5.41, 5.74) is 3.50.